The van der Waals surface area contributed by atoms with E-state index in [0.717, 1.165) is 5.56 Å². The summed E-state index contributed by atoms with van der Waals surface area (Å²) in [5.74, 6) is 5.24. The third-order valence-corrected chi connectivity index (χ3v) is 1.84. The minimum absolute atomic E-state index is 0.541. The Kier molecular flexibility index (Phi) is 3.44. The van der Waals surface area contributed by atoms with Crippen LogP contribution in [0.3, 0.4) is 0 Å². The standard InChI is InChI=1S/C7H10NO3P/c1-6-2-4-7(5-3-6)10-12(9)11-8/h2-5,9H,8H2,1H3. The van der Waals surface area contributed by atoms with Crippen molar-refractivity contribution in [3.05, 3.63) is 29.8 Å². The summed E-state index contributed by atoms with van der Waals surface area (Å²) < 4.78 is 8.97. The Labute approximate surface area is 71.9 Å². The maximum atomic E-state index is 8.88. The molecule has 0 fully saturated rings. The van der Waals surface area contributed by atoms with Crippen molar-refractivity contribution in [3.8, 4) is 5.75 Å². The zero-order chi connectivity index (χ0) is 8.97. The lowest BCUT2D eigenvalue weighted by molar-refractivity contribution is 0.269. The average molecular weight is 187 g/mol. The molecule has 0 radical (unpaired) electrons. The maximum absolute atomic E-state index is 8.88. The highest BCUT2D eigenvalue weighted by molar-refractivity contribution is 7.40. The molecule has 0 bridgehead atoms. The molecular weight excluding hydrogens is 177 g/mol. The first-order valence-electron chi connectivity index (χ1n) is 3.33. The maximum Gasteiger partial charge on any atom is 0.412 e. The molecule has 1 aromatic carbocycles. The summed E-state index contributed by atoms with van der Waals surface area (Å²) in [5.41, 5.74) is 1.12. The van der Waals surface area contributed by atoms with Crippen molar-refractivity contribution in [2.75, 3.05) is 0 Å². The first-order valence-corrected chi connectivity index (χ1v) is 4.46. The van der Waals surface area contributed by atoms with Crippen molar-refractivity contribution in [1.29, 1.82) is 0 Å². The number of hydrogen-bond donors (Lipinski definition) is 2. The predicted octanol–water partition coefficient (Wildman–Crippen LogP) is 1.48. The second kappa shape index (κ2) is 4.38. The Hall–Kier alpha value is -0.670. The molecule has 0 heterocycles. The van der Waals surface area contributed by atoms with Gasteiger partial charge in [0.05, 0.1) is 0 Å². The van der Waals surface area contributed by atoms with E-state index < -0.39 is 8.60 Å². The molecule has 12 heavy (non-hydrogen) atoms. The highest BCUT2D eigenvalue weighted by atomic mass is 31.2. The van der Waals surface area contributed by atoms with Crippen molar-refractivity contribution in [2.45, 2.75) is 6.92 Å². The molecule has 1 atom stereocenters. The zero-order valence-electron chi connectivity index (χ0n) is 6.60. The minimum Gasteiger partial charge on any atom is -0.426 e. The fourth-order valence-corrected chi connectivity index (χ4v) is 1.06. The molecule has 66 valence electrons. The van der Waals surface area contributed by atoms with Gasteiger partial charge < -0.3 is 9.42 Å². The first-order chi connectivity index (χ1) is 5.72. The molecule has 0 aliphatic carbocycles. The number of nitrogens with two attached hydrogens (primary N) is 1. The van der Waals surface area contributed by atoms with Gasteiger partial charge in [0, 0.05) is 0 Å². The lowest BCUT2D eigenvalue weighted by Crippen LogP contribution is -1.97. The molecule has 1 unspecified atom stereocenters. The van der Waals surface area contributed by atoms with Gasteiger partial charge in [0.2, 0.25) is 0 Å². The van der Waals surface area contributed by atoms with Crippen molar-refractivity contribution >= 4 is 8.60 Å². The fraction of sp³-hybridized carbons (Fsp3) is 0.143. The smallest absolute Gasteiger partial charge is 0.412 e. The molecule has 0 saturated heterocycles. The second-order valence-electron chi connectivity index (χ2n) is 2.25. The van der Waals surface area contributed by atoms with Gasteiger partial charge in [0.25, 0.3) is 0 Å². The Morgan fingerprint density at radius 2 is 1.92 bits per heavy atom. The Morgan fingerprint density at radius 3 is 2.42 bits per heavy atom. The lowest BCUT2D eigenvalue weighted by atomic mass is 10.2. The summed E-state index contributed by atoms with van der Waals surface area (Å²) in [5, 5.41) is 0. The van der Waals surface area contributed by atoms with E-state index in [1.165, 1.54) is 0 Å². The third-order valence-electron chi connectivity index (χ3n) is 1.29. The van der Waals surface area contributed by atoms with Gasteiger partial charge in [-0.15, -0.1) is 0 Å². The van der Waals surface area contributed by atoms with Gasteiger partial charge in [0.15, 0.2) is 0 Å². The van der Waals surface area contributed by atoms with Crippen LogP contribution >= 0.6 is 8.60 Å². The van der Waals surface area contributed by atoms with E-state index in [9.17, 15) is 0 Å². The van der Waals surface area contributed by atoms with Gasteiger partial charge in [-0.2, -0.15) is 0 Å². The number of benzene rings is 1. The summed E-state index contributed by atoms with van der Waals surface area (Å²) in [7, 11) is -1.99. The van der Waals surface area contributed by atoms with Crippen LogP contribution in [0.4, 0.5) is 0 Å². The van der Waals surface area contributed by atoms with E-state index in [0.29, 0.717) is 5.75 Å². The van der Waals surface area contributed by atoms with Crippen LogP contribution < -0.4 is 10.4 Å². The summed E-state index contributed by atoms with van der Waals surface area (Å²) in [6.45, 7) is 1.96. The first kappa shape index (κ1) is 9.42. The van der Waals surface area contributed by atoms with Gasteiger partial charge >= 0.3 is 8.60 Å². The predicted molar refractivity (Wildman–Crippen MR) is 46.2 cm³/mol. The molecule has 0 aromatic heterocycles. The molecule has 1 aromatic rings. The topological polar surface area (TPSA) is 64.7 Å². The van der Waals surface area contributed by atoms with Crippen molar-refractivity contribution in [3.63, 3.8) is 0 Å². The van der Waals surface area contributed by atoms with Crippen molar-refractivity contribution < 1.29 is 14.0 Å². The summed E-state index contributed by atoms with van der Waals surface area (Å²) in [6.07, 6.45) is 0. The van der Waals surface area contributed by atoms with E-state index in [2.05, 4.69) is 4.62 Å². The summed E-state index contributed by atoms with van der Waals surface area (Å²) >= 11 is 0. The Morgan fingerprint density at radius 1 is 1.33 bits per heavy atom. The third kappa shape index (κ3) is 2.75. The van der Waals surface area contributed by atoms with E-state index in [1.54, 1.807) is 12.1 Å². The molecule has 4 nitrogen and oxygen atoms in total. The quantitative estimate of drug-likeness (QED) is 0.555. The SMILES string of the molecule is Cc1ccc(OP(O)ON)cc1. The van der Waals surface area contributed by atoms with Crippen LogP contribution in [0.25, 0.3) is 0 Å². The minimum atomic E-state index is -1.99. The molecule has 0 amide bonds. The van der Waals surface area contributed by atoms with Gasteiger partial charge in [-0.25, -0.2) is 10.5 Å². The molecule has 0 aliphatic heterocycles. The van der Waals surface area contributed by atoms with Crippen LogP contribution in [0.5, 0.6) is 5.75 Å². The summed E-state index contributed by atoms with van der Waals surface area (Å²) in [4.78, 5) is 8.88. The van der Waals surface area contributed by atoms with E-state index >= 15 is 0 Å². The number of rotatable bonds is 3. The fourth-order valence-electron chi connectivity index (χ4n) is 0.711. The Bertz CT molecular complexity index is 239. The summed E-state index contributed by atoms with van der Waals surface area (Å²) in [6, 6.07) is 7.21. The van der Waals surface area contributed by atoms with E-state index in [4.69, 9.17) is 15.3 Å². The average Bonchev–Trinajstić information content (AvgIpc) is 2.09. The molecule has 0 spiro atoms. The van der Waals surface area contributed by atoms with Gasteiger partial charge in [-0.05, 0) is 19.1 Å². The van der Waals surface area contributed by atoms with Crippen LogP contribution in [0.15, 0.2) is 24.3 Å². The van der Waals surface area contributed by atoms with Crippen LogP contribution in [0.1, 0.15) is 5.56 Å². The van der Waals surface area contributed by atoms with Crippen LogP contribution in [-0.2, 0) is 4.62 Å². The normalized spacial score (nSPS) is 12.6. The lowest BCUT2D eigenvalue weighted by Gasteiger charge is -2.07. The number of aryl methyl sites for hydroxylation is 1. The molecule has 5 heteroatoms. The highest BCUT2D eigenvalue weighted by Crippen LogP contribution is 2.32. The zero-order valence-corrected chi connectivity index (χ0v) is 7.49. The number of hydrogen-bond acceptors (Lipinski definition) is 4. The van der Waals surface area contributed by atoms with Gasteiger partial charge in [0.1, 0.15) is 5.75 Å². The van der Waals surface area contributed by atoms with Crippen LogP contribution in [-0.4, -0.2) is 4.89 Å². The van der Waals surface area contributed by atoms with Crippen molar-refractivity contribution in [2.24, 2.45) is 5.90 Å². The second-order valence-corrected chi connectivity index (χ2v) is 3.12. The van der Waals surface area contributed by atoms with Gasteiger partial charge in [-0.3, -0.25) is 0 Å². The molecule has 0 aliphatic rings. The van der Waals surface area contributed by atoms with E-state index in [-0.39, 0.29) is 0 Å². The van der Waals surface area contributed by atoms with Crippen LogP contribution in [0.2, 0.25) is 0 Å². The Balaban J connectivity index is 2.58. The largest absolute Gasteiger partial charge is 0.426 e. The monoisotopic (exact) mass is 187 g/mol. The van der Waals surface area contributed by atoms with Gasteiger partial charge in [-0.1, -0.05) is 17.7 Å². The van der Waals surface area contributed by atoms with E-state index in [1.807, 2.05) is 19.1 Å². The highest BCUT2D eigenvalue weighted by Gasteiger charge is 2.05. The molecule has 1 rings (SSSR count). The molecule has 0 saturated carbocycles. The molecule has 3 N–H and O–H groups in total. The van der Waals surface area contributed by atoms with Crippen molar-refractivity contribution in [1.82, 2.24) is 0 Å². The van der Waals surface area contributed by atoms with Crippen LogP contribution in [0, 0.1) is 6.92 Å². The molecular formula is C7H10NO3P.